The molecular weight excluding hydrogens is 575 g/mol. The molecule has 0 spiro atoms. The van der Waals surface area contributed by atoms with Gasteiger partial charge in [0.05, 0.1) is 42.0 Å². The van der Waals surface area contributed by atoms with Crippen molar-refractivity contribution in [2.24, 2.45) is 0 Å². The van der Waals surface area contributed by atoms with Crippen LogP contribution in [0.15, 0.2) is 60.9 Å². The topological polar surface area (TPSA) is 112 Å². The Morgan fingerprint density at radius 1 is 1.12 bits per heavy atom. The SMILES string of the molecule is O=C1N[C@@H](c2cc(F)ccc2Cl)c2c(NC(=O)N3C[C@](O)(C(F)(F)F)c4cc(F)ccc43)cc(-n3ccnn3)cc21. The Morgan fingerprint density at radius 2 is 1.85 bits per heavy atom. The van der Waals surface area contributed by atoms with Crippen LogP contribution in [0.2, 0.25) is 5.02 Å². The molecule has 1 aromatic heterocycles. The molecular formula is C26H16ClF5N6O3. The monoisotopic (exact) mass is 590 g/mol. The second-order valence-electron chi connectivity index (χ2n) is 9.41. The van der Waals surface area contributed by atoms with Crippen molar-refractivity contribution in [3.05, 3.63) is 99.8 Å². The predicted octanol–water partition coefficient (Wildman–Crippen LogP) is 4.83. The highest BCUT2D eigenvalue weighted by molar-refractivity contribution is 6.31. The number of fused-ring (bicyclic) bond motifs is 2. The minimum atomic E-state index is -5.24. The molecule has 2 aliphatic rings. The highest BCUT2D eigenvalue weighted by Gasteiger charge is 2.61. The molecule has 15 heteroatoms. The number of hydrogen-bond donors (Lipinski definition) is 3. The number of amides is 3. The van der Waals surface area contributed by atoms with Crippen LogP contribution in [-0.2, 0) is 5.60 Å². The van der Waals surface area contributed by atoms with Crippen molar-refractivity contribution in [2.45, 2.75) is 17.8 Å². The zero-order chi connectivity index (χ0) is 29.3. The summed E-state index contributed by atoms with van der Waals surface area (Å²) in [6.07, 6.45) is -2.43. The lowest BCUT2D eigenvalue weighted by molar-refractivity contribution is -0.258. The standard InChI is InChI=1S/C26H16ClF5N6O3/c27-18-3-1-12(28)7-15(18)22-21-16(23(39)35-22)9-14(38-6-5-33-36-38)10-19(21)34-24(40)37-11-25(41,26(30,31)32)17-8-13(29)2-4-20(17)37/h1-10,22,41H,11H2,(H,34,40)(H,35,39)/t22-,25+/m0/s1. The molecule has 0 fully saturated rings. The maximum atomic E-state index is 14.2. The zero-order valence-electron chi connectivity index (χ0n) is 20.4. The Bertz CT molecular complexity index is 1730. The van der Waals surface area contributed by atoms with Gasteiger partial charge in [0.25, 0.3) is 5.91 Å². The predicted molar refractivity (Wildman–Crippen MR) is 135 cm³/mol. The number of benzene rings is 3. The molecule has 0 radical (unpaired) electrons. The lowest BCUT2D eigenvalue weighted by atomic mass is 9.95. The van der Waals surface area contributed by atoms with Gasteiger partial charge in [0, 0.05) is 27.3 Å². The van der Waals surface area contributed by atoms with Gasteiger partial charge in [-0.15, -0.1) is 5.10 Å². The van der Waals surface area contributed by atoms with Crippen molar-refractivity contribution in [3.63, 3.8) is 0 Å². The number of β-amino-alcohol motifs (C(OH)–C–C–N with tert-alkyl or cyclic N) is 1. The molecule has 0 unspecified atom stereocenters. The molecule has 3 aromatic carbocycles. The average Bonchev–Trinajstić information content (AvgIpc) is 3.63. The highest BCUT2D eigenvalue weighted by atomic mass is 35.5. The maximum Gasteiger partial charge on any atom is 0.423 e. The van der Waals surface area contributed by atoms with Crippen LogP contribution in [-0.4, -0.2) is 44.8 Å². The molecule has 0 bridgehead atoms. The van der Waals surface area contributed by atoms with Gasteiger partial charge in [0.2, 0.25) is 5.60 Å². The van der Waals surface area contributed by atoms with E-state index in [1.807, 2.05) is 0 Å². The summed E-state index contributed by atoms with van der Waals surface area (Å²) in [5.41, 5.74) is -4.16. The van der Waals surface area contributed by atoms with Crippen molar-refractivity contribution >= 4 is 34.9 Å². The molecule has 0 saturated carbocycles. The number of alkyl halides is 3. The van der Waals surface area contributed by atoms with E-state index < -0.39 is 53.5 Å². The number of anilines is 2. The number of nitrogens with zero attached hydrogens (tertiary/aromatic N) is 4. The molecule has 9 nitrogen and oxygen atoms in total. The van der Waals surface area contributed by atoms with E-state index in [1.54, 1.807) is 0 Å². The first kappa shape index (κ1) is 26.7. The number of halogens is 6. The third kappa shape index (κ3) is 4.26. The first-order valence-corrected chi connectivity index (χ1v) is 12.2. The number of carbonyl (C=O) groups excluding carboxylic acids is 2. The van der Waals surface area contributed by atoms with E-state index >= 15 is 0 Å². The normalized spacial score (nSPS) is 19.6. The molecule has 2 aliphatic heterocycles. The second kappa shape index (κ2) is 9.24. The number of rotatable bonds is 3. The molecule has 3 amide bonds. The number of nitrogens with one attached hydrogen (secondary N) is 2. The Labute approximate surface area is 232 Å². The van der Waals surface area contributed by atoms with Crippen LogP contribution >= 0.6 is 11.6 Å². The summed E-state index contributed by atoms with van der Waals surface area (Å²) >= 11 is 6.31. The van der Waals surface area contributed by atoms with Crippen LogP contribution in [0.3, 0.4) is 0 Å². The summed E-state index contributed by atoms with van der Waals surface area (Å²) in [6.45, 7) is -1.26. The van der Waals surface area contributed by atoms with E-state index in [2.05, 4.69) is 20.9 Å². The first-order chi connectivity index (χ1) is 19.4. The Hall–Kier alpha value is -4.56. The van der Waals surface area contributed by atoms with Crippen LogP contribution in [0.4, 0.5) is 38.1 Å². The molecule has 3 N–H and O–H groups in total. The van der Waals surface area contributed by atoms with Crippen molar-refractivity contribution in [2.75, 3.05) is 16.8 Å². The van der Waals surface area contributed by atoms with Crippen molar-refractivity contribution in [1.82, 2.24) is 20.3 Å². The molecule has 41 heavy (non-hydrogen) atoms. The first-order valence-electron chi connectivity index (χ1n) is 11.9. The Kier molecular flexibility index (Phi) is 6.01. The van der Waals surface area contributed by atoms with Crippen LogP contribution in [0.25, 0.3) is 5.69 Å². The molecule has 2 atom stereocenters. The molecule has 0 aliphatic carbocycles. The van der Waals surface area contributed by atoms with E-state index in [9.17, 15) is 36.6 Å². The molecule has 6 rings (SSSR count). The van der Waals surface area contributed by atoms with E-state index in [-0.39, 0.29) is 38.8 Å². The lowest BCUT2D eigenvalue weighted by Crippen LogP contribution is -2.48. The maximum absolute atomic E-state index is 14.2. The van der Waals surface area contributed by atoms with Crippen molar-refractivity contribution < 1.29 is 36.6 Å². The van der Waals surface area contributed by atoms with Crippen LogP contribution in [0.1, 0.15) is 33.1 Å². The fourth-order valence-electron chi connectivity index (χ4n) is 5.05. The quantitative estimate of drug-likeness (QED) is 0.296. The molecule has 3 heterocycles. The van der Waals surface area contributed by atoms with E-state index in [1.165, 1.54) is 35.3 Å². The summed E-state index contributed by atoms with van der Waals surface area (Å²) in [7, 11) is 0. The largest absolute Gasteiger partial charge is 0.423 e. The molecule has 210 valence electrons. The summed E-state index contributed by atoms with van der Waals surface area (Å²) in [5.74, 6) is -2.29. The Morgan fingerprint density at radius 3 is 2.56 bits per heavy atom. The summed E-state index contributed by atoms with van der Waals surface area (Å²) in [6, 6.07) is 6.50. The van der Waals surface area contributed by atoms with Crippen molar-refractivity contribution in [1.29, 1.82) is 0 Å². The smallest absolute Gasteiger partial charge is 0.375 e. The number of hydrogen-bond acceptors (Lipinski definition) is 5. The van der Waals surface area contributed by atoms with Gasteiger partial charge < -0.3 is 15.7 Å². The third-order valence-electron chi connectivity index (χ3n) is 6.97. The minimum Gasteiger partial charge on any atom is -0.375 e. The van der Waals surface area contributed by atoms with Gasteiger partial charge in [-0.25, -0.2) is 18.3 Å². The van der Waals surface area contributed by atoms with E-state index in [0.717, 1.165) is 24.3 Å². The van der Waals surface area contributed by atoms with Crippen molar-refractivity contribution in [3.8, 4) is 5.69 Å². The number of aliphatic hydroxyl groups is 1. The van der Waals surface area contributed by atoms with Gasteiger partial charge in [-0.05, 0) is 48.5 Å². The van der Waals surface area contributed by atoms with Gasteiger partial charge in [0.15, 0.2) is 0 Å². The molecule has 0 saturated heterocycles. The van der Waals surface area contributed by atoms with Crippen LogP contribution in [0.5, 0.6) is 0 Å². The lowest BCUT2D eigenvalue weighted by Gasteiger charge is -2.27. The summed E-state index contributed by atoms with van der Waals surface area (Å²) in [5, 5.41) is 23.4. The van der Waals surface area contributed by atoms with Gasteiger partial charge in [-0.1, -0.05) is 16.8 Å². The van der Waals surface area contributed by atoms with Gasteiger partial charge in [-0.3, -0.25) is 9.69 Å². The van der Waals surface area contributed by atoms with Gasteiger partial charge in [-0.2, -0.15) is 13.2 Å². The molecule has 4 aromatic rings. The van der Waals surface area contributed by atoms with Gasteiger partial charge in [0.1, 0.15) is 11.6 Å². The third-order valence-corrected chi connectivity index (χ3v) is 7.31. The zero-order valence-corrected chi connectivity index (χ0v) is 21.1. The Balaban J connectivity index is 1.47. The average molecular weight is 591 g/mol. The van der Waals surface area contributed by atoms with E-state index in [0.29, 0.717) is 11.0 Å². The number of carbonyl (C=O) groups is 2. The highest BCUT2D eigenvalue weighted by Crippen LogP contribution is 2.49. The van der Waals surface area contributed by atoms with Crippen LogP contribution in [0, 0.1) is 11.6 Å². The fraction of sp³-hybridized carbons (Fsp3) is 0.154. The number of urea groups is 1. The van der Waals surface area contributed by atoms with Crippen LogP contribution < -0.4 is 15.5 Å². The fourth-order valence-corrected chi connectivity index (χ4v) is 5.28. The van der Waals surface area contributed by atoms with E-state index in [4.69, 9.17) is 11.6 Å². The minimum absolute atomic E-state index is 0.0483. The van der Waals surface area contributed by atoms with Gasteiger partial charge >= 0.3 is 12.2 Å². The summed E-state index contributed by atoms with van der Waals surface area (Å²) < 4.78 is 71.1. The summed E-state index contributed by atoms with van der Waals surface area (Å²) in [4.78, 5) is 27.2. The second-order valence-corrected chi connectivity index (χ2v) is 9.82. The number of aromatic nitrogens is 3.